The number of hydrogen-bond acceptors (Lipinski definition) is 5. The first-order valence-corrected chi connectivity index (χ1v) is 6.94. The summed E-state index contributed by atoms with van der Waals surface area (Å²) < 4.78 is 5.01. The largest absolute Gasteiger partial charge is 0.463 e. The summed E-state index contributed by atoms with van der Waals surface area (Å²) >= 11 is 0. The number of urea groups is 1. The summed E-state index contributed by atoms with van der Waals surface area (Å²) in [6, 6.07) is -0.217. The molecule has 2 aliphatic heterocycles. The summed E-state index contributed by atoms with van der Waals surface area (Å²) in [5.41, 5.74) is 1.03. The molecule has 3 N–H and O–H groups in total. The van der Waals surface area contributed by atoms with Gasteiger partial charge in [-0.1, -0.05) is 0 Å². The highest BCUT2D eigenvalue weighted by atomic mass is 16.5. The van der Waals surface area contributed by atoms with Gasteiger partial charge in [0.1, 0.15) is 0 Å². The van der Waals surface area contributed by atoms with Gasteiger partial charge in [-0.25, -0.2) is 9.59 Å². The molecule has 2 heterocycles. The second kappa shape index (κ2) is 6.71. The second-order valence-corrected chi connectivity index (χ2v) is 4.93. The first-order valence-electron chi connectivity index (χ1n) is 6.94. The summed E-state index contributed by atoms with van der Waals surface area (Å²) in [5.74, 6) is -0.408. The van der Waals surface area contributed by atoms with Crippen LogP contribution in [0.5, 0.6) is 0 Å². The van der Waals surface area contributed by atoms with Gasteiger partial charge in [0.2, 0.25) is 0 Å². The summed E-state index contributed by atoms with van der Waals surface area (Å²) in [5, 5.41) is 14.6. The minimum Gasteiger partial charge on any atom is -0.463 e. The quantitative estimate of drug-likeness (QED) is 0.596. The Morgan fingerprint density at radius 2 is 2.35 bits per heavy atom. The maximum atomic E-state index is 11.9. The van der Waals surface area contributed by atoms with Crippen LogP contribution in [0.2, 0.25) is 0 Å². The number of hydrogen-bond donors (Lipinski definition) is 3. The van der Waals surface area contributed by atoms with Crippen molar-refractivity contribution in [3.63, 3.8) is 0 Å². The number of carbonyl (C=O) groups excluding carboxylic acids is 2. The van der Waals surface area contributed by atoms with E-state index in [1.54, 1.807) is 6.92 Å². The number of nitrogens with one attached hydrogen (secondary N) is 2. The van der Waals surface area contributed by atoms with Crippen LogP contribution >= 0.6 is 0 Å². The van der Waals surface area contributed by atoms with Crippen LogP contribution in [-0.2, 0) is 9.53 Å². The predicted octanol–water partition coefficient (Wildman–Crippen LogP) is -0.427. The Morgan fingerprint density at radius 1 is 1.55 bits per heavy atom. The van der Waals surface area contributed by atoms with E-state index in [0.717, 1.165) is 19.4 Å². The molecule has 0 unspecified atom stereocenters. The average molecular weight is 283 g/mol. The van der Waals surface area contributed by atoms with Gasteiger partial charge >= 0.3 is 12.0 Å². The second-order valence-electron chi connectivity index (χ2n) is 4.93. The summed E-state index contributed by atoms with van der Waals surface area (Å²) in [6.45, 7) is 3.62. The molecule has 0 aromatic carbocycles. The summed E-state index contributed by atoms with van der Waals surface area (Å²) in [7, 11) is 0. The van der Waals surface area contributed by atoms with Gasteiger partial charge < -0.3 is 20.5 Å². The molecule has 0 saturated carbocycles. The molecule has 7 heteroatoms. The SMILES string of the molecule is CCOC(=O)C1=C(CN2CCC[C@@H]2CO)NC(=O)NC1. The maximum absolute atomic E-state index is 11.9. The molecular weight excluding hydrogens is 262 g/mol. The zero-order valence-corrected chi connectivity index (χ0v) is 11.6. The third-order valence-electron chi connectivity index (χ3n) is 3.65. The van der Waals surface area contributed by atoms with Crippen molar-refractivity contribution in [1.82, 2.24) is 15.5 Å². The van der Waals surface area contributed by atoms with E-state index < -0.39 is 5.97 Å². The molecule has 0 aromatic heterocycles. The molecule has 0 bridgehead atoms. The van der Waals surface area contributed by atoms with Gasteiger partial charge in [0.15, 0.2) is 0 Å². The lowest BCUT2D eigenvalue weighted by Gasteiger charge is -2.28. The smallest absolute Gasteiger partial charge is 0.337 e. The van der Waals surface area contributed by atoms with Crippen molar-refractivity contribution < 1.29 is 19.4 Å². The molecule has 7 nitrogen and oxygen atoms in total. The van der Waals surface area contributed by atoms with E-state index >= 15 is 0 Å². The zero-order valence-electron chi connectivity index (χ0n) is 11.6. The number of likely N-dealkylation sites (tertiary alicyclic amines) is 1. The molecule has 1 atom stereocenters. The standard InChI is InChI=1S/C13H21N3O4/c1-2-20-12(18)10-6-14-13(19)15-11(10)7-16-5-3-4-9(16)8-17/h9,17H,2-8H2,1H3,(H2,14,15,19)/t9-/m1/s1. The van der Waals surface area contributed by atoms with E-state index in [1.165, 1.54) is 0 Å². The van der Waals surface area contributed by atoms with E-state index in [-0.39, 0.29) is 25.2 Å². The first-order chi connectivity index (χ1) is 9.65. The monoisotopic (exact) mass is 283 g/mol. The normalized spacial score (nSPS) is 23.5. The van der Waals surface area contributed by atoms with E-state index in [9.17, 15) is 14.7 Å². The van der Waals surface area contributed by atoms with Gasteiger partial charge in [-0.15, -0.1) is 0 Å². The average Bonchev–Trinajstić information content (AvgIpc) is 2.86. The molecule has 0 radical (unpaired) electrons. The van der Waals surface area contributed by atoms with Crippen LogP contribution in [0, 0.1) is 0 Å². The van der Waals surface area contributed by atoms with E-state index in [2.05, 4.69) is 15.5 Å². The van der Waals surface area contributed by atoms with Gasteiger partial charge in [0.25, 0.3) is 0 Å². The van der Waals surface area contributed by atoms with Crippen LogP contribution in [0.25, 0.3) is 0 Å². The zero-order chi connectivity index (χ0) is 14.5. The Hall–Kier alpha value is -1.60. The Labute approximate surface area is 118 Å². The summed E-state index contributed by atoms with van der Waals surface area (Å²) in [6.07, 6.45) is 1.95. The van der Waals surface area contributed by atoms with Crippen molar-refractivity contribution in [3.8, 4) is 0 Å². The van der Waals surface area contributed by atoms with Crippen LogP contribution in [0.4, 0.5) is 4.79 Å². The fourth-order valence-corrected chi connectivity index (χ4v) is 2.59. The lowest BCUT2D eigenvalue weighted by Crippen LogP contribution is -2.47. The number of ether oxygens (including phenoxy) is 1. The van der Waals surface area contributed by atoms with Crippen molar-refractivity contribution in [2.24, 2.45) is 0 Å². The van der Waals surface area contributed by atoms with Gasteiger partial charge in [0, 0.05) is 18.3 Å². The number of amides is 2. The van der Waals surface area contributed by atoms with Gasteiger partial charge in [-0.2, -0.15) is 0 Å². The van der Waals surface area contributed by atoms with Crippen LogP contribution in [-0.4, -0.2) is 60.9 Å². The molecular formula is C13H21N3O4. The number of rotatable bonds is 5. The van der Waals surface area contributed by atoms with Crippen molar-refractivity contribution in [2.45, 2.75) is 25.8 Å². The number of carbonyl (C=O) groups is 2. The van der Waals surface area contributed by atoms with E-state index in [4.69, 9.17) is 4.74 Å². The lowest BCUT2D eigenvalue weighted by molar-refractivity contribution is -0.138. The molecule has 112 valence electrons. The molecule has 2 rings (SSSR count). The van der Waals surface area contributed by atoms with Gasteiger partial charge in [-0.3, -0.25) is 4.90 Å². The molecule has 2 aliphatic rings. The molecule has 1 saturated heterocycles. The minimum absolute atomic E-state index is 0.0915. The van der Waals surface area contributed by atoms with Crippen LogP contribution < -0.4 is 10.6 Å². The van der Waals surface area contributed by atoms with Crippen molar-refractivity contribution in [1.29, 1.82) is 0 Å². The van der Waals surface area contributed by atoms with Crippen LogP contribution in [0.15, 0.2) is 11.3 Å². The predicted molar refractivity (Wildman–Crippen MR) is 71.9 cm³/mol. The van der Waals surface area contributed by atoms with Crippen molar-refractivity contribution in [3.05, 3.63) is 11.3 Å². The number of esters is 1. The third kappa shape index (κ3) is 3.29. The third-order valence-corrected chi connectivity index (χ3v) is 3.65. The highest BCUT2D eigenvalue weighted by molar-refractivity contribution is 5.93. The summed E-state index contributed by atoms with van der Waals surface area (Å²) in [4.78, 5) is 25.4. The van der Waals surface area contributed by atoms with Crippen LogP contribution in [0.3, 0.4) is 0 Å². The van der Waals surface area contributed by atoms with Gasteiger partial charge in [-0.05, 0) is 26.3 Å². The molecule has 0 aromatic rings. The number of nitrogens with zero attached hydrogens (tertiary/aromatic N) is 1. The molecule has 20 heavy (non-hydrogen) atoms. The van der Waals surface area contributed by atoms with Crippen molar-refractivity contribution >= 4 is 12.0 Å². The molecule has 2 amide bonds. The Morgan fingerprint density at radius 3 is 3.05 bits per heavy atom. The van der Waals surface area contributed by atoms with Crippen LogP contribution in [0.1, 0.15) is 19.8 Å². The Bertz CT molecular complexity index is 422. The first kappa shape index (κ1) is 14.8. The molecule has 0 aliphatic carbocycles. The maximum Gasteiger partial charge on any atom is 0.337 e. The molecule has 0 spiro atoms. The van der Waals surface area contributed by atoms with Gasteiger partial charge in [0.05, 0.1) is 25.3 Å². The van der Waals surface area contributed by atoms with E-state index in [0.29, 0.717) is 24.4 Å². The highest BCUT2D eigenvalue weighted by Crippen LogP contribution is 2.19. The fourth-order valence-electron chi connectivity index (χ4n) is 2.59. The topological polar surface area (TPSA) is 90.9 Å². The lowest BCUT2D eigenvalue weighted by atomic mass is 10.1. The van der Waals surface area contributed by atoms with Crippen molar-refractivity contribution in [2.75, 3.05) is 32.8 Å². The Kier molecular flexibility index (Phi) is 4.97. The minimum atomic E-state index is -0.408. The highest BCUT2D eigenvalue weighted by Gasteiger charge is 2.29. The number of aliphatic hydroxyl groups excluding tert-OH is 1. The fraction of sp³-hybridized carbons (Fsp3) is 0.692. The number of aliphatic hydroxyl groups is 1. The Balaban J connectivity index is 2.14. The van der Waals surface area contributed by atoms with E-state index in [1.807, 2.05) is 0 Å². The molecule has 1 fully saturated rings.